The molecule has 1 aromatic carbocycles. The summed E-state index contributed by atoms with van der Waals surface area (Å²) in [7, 11) is 1.99. The maximum Gasteiger partial charge on any atom is 0.251 e. The summed E-state index contributed by atoms with van der Waals surface area (Å²) >= 11 is 1.68. The number of carbonyl (C=O) groups is 1. The van der Waals surface area contributed by atoms with E-state index in [-0.39, 0.29) is 5.91 Å². The maximum absolute atomic E-state index is 12.3. The number of imidazole rings is 1. The molecule has 1 fully saturated rings. The highest BCUT2D eigenvalue weighted by Gasteiger charge is 2.18. The van der Waals surface area contributed by atoms with Crippen molar-refractivity contribution in [3.05, 3.63) is 47.8 Å². The standard InChI is InChI=1S/C17H21N3OS/c1-20-10-9-18-17(20)22-12-13-5-4-6-14(11-13)16(21)19-15-7-2-3-8-15/h4-6,9-11,15H,2-3,7-8,12H2,1H3,(H,19,21). The van der Waals surface area contributed by atoms with Crippen LogP contribution in [-0.4, -0.2) is 21.5 Å². The van der Waals surface area contributed by atoms with Crippen LogP contribution in [0.4, 0.5) is 0 Å². The minimum atomic E-state index is 0.0516. The second kappa shape index (κ2) is 7.01. The summed E-state index contributed by atoms with van der Waals surface area (Å²) in [6.07, 6.45) is 8.42. The molecular formula is C17H21N3OS. The van der Waals surface area contributed by atoms with Gasteiger partial charge in [-0.3, -0.25) is 4.79 Å². The van der Waals surface area contributed by atoms with Crippen molar-refractivity contribution in [3.63, 3.8) is 0 Å². The highest BCUT2D eigenvalue weighted by molar-refractivity contribution is 7.98. The molecule has 0 unspecified atom stereocenters. The van der Waals surface area contributed by atoms with E-state index in [9.17, 15) is 4.79 Å². The third-order valence-electron chi connectivity index (χ3n) is 4.02. The van der Waals surface area contributed by atoms with E-state index in [0.717, 1.165) is 34.9 Å². The van der Waals surface area contributed by atoms with Gasteiger partial charge < -0.3 is 9.88 Å². The normalized spacial score (nSPS) is 15.1. The van der Waals surface area contributed by atoms with Crippen molar-refractivity contribution in [2.24, 2.45) is 7.05 Å². The second-order valence-corrected chi connectivity index (χ2v) is 6.71. The first-order valence-electron chi connectivity index (χ1n) is 7.72. The quantitative estimate of drug-likeness (QED) is 0.860. The van der Waals surface area contributed by atoms with Gasteiger partial charge in [0.05, 0.1) is 0 Å². The molecule has 5 heteroatoms. The van der Waals surface area contributed by atoms with Gasteiger partial charge in [-0.25, -0.2) is 4.98 Å². The predicted molar refractivity (Wildman–Crippen MR) is 88.9 cm³/mol. The van der Waals surface area contributed by atoms with Gasteiger partial charge in [-0.1, -0.05) is 36.7 Å². The fourth-order valence-corrected chi connectivity index (χ4v) is 3.66. The summed E-state index contributed by atoms with van der Waals surface area (Å²) in [5, 5.41) is 4.13. The number of thioether (sulfide) groups is 1. The summed E-state index contributed by atoms with van der Waals surface area (Å²) in [5.41, 5.74) is 1.90. The Bertz CT molecular complexity index is 647. The van der Waals surface area contributed by atoms with E-state index in [1.165, 1.54) is 12.8 Å². The summed E-state index contributed by atoms with van der Waals surface area (Å²) in [6, 6.07) is 8.25. The van der Waals surface area contributed by atoms with E-state index in [1.807, 2.05) is 36.0 Å². The average Bonchev–Trinajstić information content (AvgIpc) is 3.17. The molecule has 4 nitrogen and oxygen atoms in total. The molecule has 0 bridgehead atoms. The van der Waals surface area contributed by atoms with Gasteiger partial charge in [0.25, 0.3) is 5.91 Å². The van der Waals surface area contributed by atoms with Crippen LogP contribution in [0.2, 0.25) is 0 Å². The molecule has 22 heavy (non-hydrogen) atoms. The monoisotopic (exact) mass is 315 g/mol. The van der Waals surface area contributed by atoms with Gasteiger partial charge >= 0.3 is 0 Å². The third kappa shape index (κ3) is 3.71. The zero-order valence-electron chi connectivity index (χ0n) is 12.8. The molecule has 1 saturated carbocycles. The molecule has 1 amide bonds. The molecule has 0 radical (unpaired) electrons. The Labute approximate surface area is 135 Å². The van der Waals surface area contributed by atoms with Crippen molar-refractivity contribution < 1.29 is 4.79 Å². The van der Waals surface area contributed by atoms with E-state index < -0.39 is 0 Å². The molecule has 1 aromatic heterocycles. The molecule has 0 aliphatic heterocycles. The molecule has 2 aromatic rings. The Morgan fingerprint density at radius 1 is 1.41 bits per heavy atom. The molecule has 1 N–H and O–H groups in total. The van der Waals surface area contributed by atoms with E-state index in [4.69, 9.17) is 0 Å². The highest BCUT2D eigenvalue weighted by atomic mass is 32.2. The molecule has 0 saturated heterocycles. The minimum absolute atomic E-state index is 0.0516. The molecule has 0 atom stereocenters. The number of rotatable bonds is 5. The zero-order chi connectivity index (χ0) is 15.4. The first-order valence-corrected chi connectivity index (χ1v) is 8.71. The van der Waals surface area contributed by atoms with Gasteiger partial charge in [-0.2, -0.15) is 0 Å². The Morgan fingerprint density at radius 2 is 2.23 bits per heavy atom. The van der Waals surface area contributed by atoms with Crippen LogP contribution in [0.5, 0.6) is 0 Å². The minimum Gasteiger partial charge on any atom is -0.349 e. The Morgan fingerprint density at radius 3 is 2.95 bits per heavy atom. The largest absolute Gasteiger partial charge is 0.349 e. The van der Waals surface area contributed by atoms with Gasteiger partial charge in [0, 0.05) is 36.8 Å². The molecule has 3 rings (SSSR count). The molecule has 1 aliphatic carbocycles. The van der Waals surface area contributed by atoms with Gasteiger partial charge in [0.1, 0.15) is 0 Å². The van der Waals surface area contributed by atoms with Crippen molar-refractivity contribution >= 4 is 17.7 Å². The lowest BCUT2D eigenvalue weighted by atomic mass is 10.1. The first kappa shape index (κ1) is 15.2. The van der Waals surface area contributed by atoms with Crippen molar-refractivity contribution in [3.8, 4) is 0 Å². The van der Waals surface area contributed by atoms with Crippen LogP contribution in [0.1, 0.15) is 41.6 Å². The topological polar surface area (TPSA) is 46.9 Å². The smallest absolute Gasteiger partial charge is 0.251 e. The van der Waals surface area contributed by atoms with E-state index in [0.29, 0.717) is 6.04 Å². The number of amides is 1. The Balaban J connectivity index is 1.61. The molecule has 116 valence electrons. The van der Waals surface area contributed by atoms with Gasteiger partial charge in [-0.05, 0) is 30.5 Å². The Kier molecular flexibility index (Phi) is 4.83. The number of nitrogens with one attached hydrogen (secondary N) is 1. The summed E-state index contributed by atoms with van der Waals surface area (Å²) < 4.78 is 2.00. The molecule has 1 heterocycles. The van der Waals surface area contributed by atoms with Gasteiger partial charge in [0.15, 0.2) is 5.16 Å². The fourth-order valence-electron chi connectivity index (χ4n) is 2.78. The number of aryl methyl sites for hydroxylation is 1. The maximum atomic E-state index is 12.3. The summed E-state index contributed by atoms with van der Waals surface area (Å²) in [4.78, 5) is 16.6. The number of aromatic nitrogens is 2. The van der Waals surface area contributed by atoms with Crippen LogP contribution in [-0.2, 0) is 12.8 Å². The lowest BCUT2D eigenvalue weighted by molar-refractivity contribution is 0.0938. The van der Waals surface area contributed by atoms with E-state index in [2.05, 4.69) is 16.4 Å². The van der Waals surface area contributed by atoms with Crippen molar-refractivity contribution in [1.29, 1.82) is 0 Å². The lowest BCUT2D eigenvalue weighted by Gasteiger charge is -2.12. The van der Waals surface area contributed by atoms with Crippen LogP contribution >= 0.6 is 11.8 Å². The average molecular weight is 315 g/mol. The Hall–Kier alpha value is -1.75. The van der Waals surface area contributed by atoms with Crippen LogP contribution in [0.3, 0.4) is 0 Å². The van der Waals surface area contributed by atoms with E-state index in [1.54, 1.807) is 18.0 Å². The number of carbonyl (C=O) groups excluding carboxylic acids is 1. The van der Waals surface area contributed by atoms with Crippen molar-refractivity contribution in [2.75, 3.05) is 0 Å². The molecular weight excluding hydrogens is 294 g/mol. The van der Waals surface area contributed by atoms with Crippen molar-refractivity contribution in [2.45, 2.75) is 42.6 Å². The number of hydrogen-bond acceptors (Lipinski definition) is 3. The van der Waals surface area contributed by atoms with Crippen LogP contribution < -0.4 is 5.32 Å². The number of nitrogens with zero attached hydrogens (tertiary/aromatic N) is 2. The predicted octanol–water partition coefficient (Wildman–Crippen LogP) is 3.38. The number of hydrogen-bond donors (Lipinski definition) is 1. The molecule has 0 spiro atoms. The van der Waals surface area contributed by atoms with Crippen LogP contribution in [0.25, 0.3) is 0 Å². The van der Waals surface area contributed by atoms with E-state index >= 15 is 0 Å². The molecule has 1 aliphatic rings. The number of benzene rings is 1. The van der Waals surface area contributed by atoms with Crippen LogP contribution in [0, 0.1) is 0 Å². The third-order valence-corrected chi connectivity index (χ3v) is 5.15. The van der Waals surface area contributed by atoms with Gasteiger partial charge in [-0.15, -0.1) is 0 Å². The van der Waals surface area contributed by atoms with Crippen LogP contribution in [0.15, 0.2) is 41.8 Å². The van der Waals surface area contributed by atoms with Crippen molar-refractivity contribution in [1.82, 2.24) is 14.9 Å². The fraction of sp³-hybridized carbons (Fsp3) is 0.412. The lowest BCUT2D eigenvalue weighted by Crippen LogP contribution is -2.32. The second-order valence-electron chi connectivity index (χ2n) is 5.76. The first-order chi connectivity index (χ1) is 10.7. The summed E-state index contributed by atoms with van der Waals surface area (Å²) in [6.45, 7) is 0. The van der Waals surface area contributed by atoms with Gasteiger partial charge in [0.2, 0.25) is 0 Å². The summed E-state index contributed by atoms with van der Waals surface area (Å²) in [5.74, 6) is 0.866. The highest BCUT2D eigenvalue weighted by Crippen LogP contribution is 2.22. The zero-order valence-corrected chi connectivity index (χ0v) is 13.6. The SMILES string of the molecule is Cn1ccnc1SCc1cccc(C(=O)NC2CCCC2)c1.